The van der Waals surface area contributed by atoms with Crippen LogP contribution in [-0.4, -0.2) is 37.4 Å². The van der Waals surface area contributed by atoms with Crippen LogP contribution in [0.1, 0.15) is 24.8 Å². The molecular formula is C22H24N8. The molecule has 0 bridgehead atoms. The van der Waals surface area contributed by atoms with E-state index in [2.05, 4.69) is 30.5 Å². The Morgan fingerprint density at radius 3 is 2.60 bits per heavy atom. The first kappa shape index (κ1) is 18.4. The molecule has 4 aromatic rings. The second kappa shape index (κ2) is 7.98. The van der Waals surface area contributed by atoms with Gasteiger partial charge in [0.1, 0.15) is 23.1 Å². The third kappa shape index (κ3) is 4.03. The highest BCUT2D eigenvalue weighted by Gasteiger charge is 2.15. The molecular weight excluding hydrogens is 376 g/mol. The highest BCUT2D eigenvalue weighted by atomic mass is 15.3. The first-order valence-electron chi connectivity index (χ1n) is 10.3. The molecule has 4 aromatic heterocycles. The van der Waals surface area contributed by atoms with Crippen LogP contribution in [0.4, 0.5) is 29.1 Å². The Bertz CT molecular complexity index is 1150. The molecule has 8 nitrogen and oxygen atoms in total. The van der Waals surface area contributed by atoms with Gasteiger partial charge in [0.05, 0.1) is 0 Å². The standard InChI is InChI=1S/C22H24N8/c1-16-5-6-18(24-15-16)26-22-27-19(14-21(28-22)29-9-3-2-4-10-29)25-17-7-11-30-12-8-23-20(30)13-17/h5-8,11-15H,2-4,9-10H2,1H3,(H2,24,25,26,27,28). The van der Waals surface area contributed by atoms with Crippen molar-refractivity contribution in [3.05, 3.63) is 60.7 Å². The fraction of sp³-hybridized carbons (Fsp3) is 0.273. The third-order valence-corrected chi connectivity index (χ3v) is 5.21. The molecule has 0 aliphatic carbocycles. The molecule has 5 rings (SSSR count). The van der Waals surface area contributed by atoms with Crippen LogP contribution < -0.4 is 15.5 Å². The molecule has 0 spiro atoms. The molecule has 1 fully saturated rings. The molecule has 0 atom stereocenters. The Morgan fingerprint density at radius 1 is 0.867 bits per heavy atom. The smallest absolute Gasteiger partial charge is 0.232 e. The normalized spacial score (nSPS) is 14.1. The number of rotatable bonds is 5. The van der Waals surface area contributed by atoms with Crippen LogP contribution in [0, 0.1) is 6.92 Å². The number of nitrogens with one attached hydrogen (secondary N) is 2. The molecule has 1 saturated heterocycles. The van der Waals surface area contributed by atoms with E-state index in [0.29, 0.717) is 5.95 Å². The molecule has 30 heavy (non-hydrogen) atoms. The van der Waals surface area contributed by atoms with E-state index in [1.807, 2.05) is 60.2 Å². The summed E-state index contributed by atoms with van der Waals surface area (Å²) in [5.41, 5.74) is 2.92. The molecule has 0 radical (unpaired) electrons. The Morgan fingerprint density at radius 2 is 1.77 bits per heavy atom. The number of anilines is 5. The summed E-state index contributed by atoms with van der Waals surface area (Å²) in [6.07, 6.45) is 11.2. The van der Waals surface area contributed by atoms with E-state index in [4.69, 9.17) is 4.98 Å². The summed E-state index contributed by atoms with van der Waals surface area (Å²) in [5.74, 6) is 2.90. The molecule has 5 heterocycles. The van der Waals surface area contributed by atoms with Crippen molar-refractivity contribution < 1.29 is 0 Å². The van der Waals surface area contributed by atoms with Crippen molar-refractivity contribution >= 4 is 34.7 Å². The maximum absolute atomic E-state index is 4.77. The Balaban J connectivity index is 1.46. The van der Waals surface area contributed by atoms with Crippen molar-refractivity contribution in [1.82, 2.24) is 24.3 Å². The number of pyridine rings is 2. The first-order chi connectivity index (χ1) is 14.7. The fourth-order valence-corrected chi connectivity index (χ4v) is 3.63. The minimum absolute atomic E-state index is 0.527. The topological polar surface area (TPSA) is 83.3 Å². The van der Waals surface area contributed by atoms with Gasteiger partial charge in [-0.2, -0.15) is 9.97 Å². The Labute approximate surface area is 175 Å². The van der Waals surface area contributed by atoms with Gasteiger partial charge in [-0.25, -0.2) is 9.97 Å². The summed E-state index contributed by atoms with van der Waals surface area (Å²) < 4.78 is 1.97. The maximum Gasteiger partial charge on any atom is 0.232 e. The van der Waals surface area contributed by atoms with Crippen LogP contribution in [-0.2, 0) is 0 Å². The van der Waals surface area contributed by atoms with E-state index < -0.39 is 0 Å². The van der Waals surface area contributed by atoms with Crippen LogP contribution in [0.5, 0.6) is 0 Å². The summed E-state index contributed by atoms with van der Waals surface area (Å²) in [7, 11) is 0. The second-order valence-corrected chi connectivity index (χ2v) is 7.56. The average Bonchev–Trinajstić information content (AvgIpc) is 3.24. The van der Waals surface area contributed by atoms with Crippen molar-refractivity contribution in [3.8, 4) is 0 Å². The van der Waals surface area contributed by atoms with Gasteiger partial charge < -0.3 is 19.9 Å². The minimum Gasteiger partial charge on any atom is -0.356 e. The van der Waals surface area contributed by atoms with Gasteiger partial charge in [-0.3, -0.25) is 0 Å². The molecule has 0 saturated carbocycles. The second-order valence-electron chi connectivity index (χ2n) is 7.56. The van der Waals surface area contributed by atoms with E-state index in [9.17, 15) is 0 Å². The summed E-state index contributed by atoms with van der Waals surface area (Å²) in [4.78, 5) is 20.5. The van der Waals surface area contributed by atoms with Gasteiger partial charge in [0.15, 0.2) is 0 Å². The third-order valence-electron chi connectivity index (χ3n) is 5.21. The van der Waals surface area contributed by atoms with Crippen molar-refractivity contribution in [2.45, 2.75) is 26.2 Å². The quantitative estimate of drug-likeness (QED) is 0.517. The zero-order chi connectivity index (χ0) is 20.3. The number of aryl methyl sites for hydroxylation is 1. The van der Waals surface area contributed by atoms with Crippen molar-refractivity contribution in [3.63, 3.8) is 0 Å². The predicted octanol–water partition coefficient (Wildman–Crippen LogP) is 4.31. The molecule has 0 amide bonds. The van der Waals surface area contributed by atoms with Crippen LogP contribution >= 0.6 is 0 Å². The van der Waals surface area contributed by atoms with Crippen LogP contribution in [0.2, 0.25) is 0 Å². The van der Waals surface area contributed by atoms with E-state index >= 15 is 0 Å². The number of imidazole rings is 1. The van der Waals surface area contributed by atoms with Crippen molar-refractivity contribution in [2.75, 3.05) is 28.6 Å². The Hall–Kier alpha value is -3.68. The van der Waals surface area contributed by atoms with E-state index in [0.717, 1.165) is 47.4 Å². The number of piperidine rings is 1. The fourth-order valence-electron chi connectivity index (χ4n) is 3.63. The summed E-state index contributed by atoms with van der Waals surface area (Å²) in [6, 6.07) is 9.96. The highest BCUT2D eigenvalue weighted by Crippen LogP contribution is 2.25. The molecule has 1 aliphatic heterocycles. The lowest BCUT2D eigenvalue weighted by molar-refractivity contribution is 0.573. The van der Waals surface area contributed by atoms with Gasteiger partial charge in [-0.1, -0.05) is 6.07 Å². The van der Waals surface area contributed by atoms with E-state index in [1.54, 1.807) is 6.20 Å². The summed E-state index contributed by atoms with van der Waals surface area (Å²) in [6.45, 7) is 4.04. The maximum atomic E-state index is 4.77. The lowest BCUT2D eigenvalue weighted by atomic mass is 10.1. The van der Waals surface area contributed by atoms with Gasteiger partial charge in [0.2, 0.25) is 5.95 Å². The van der Waals surface area contributed by atoms with Gasteiger partial charge in [-0.05, 0) is 43.9 Å². The van der Waals surface area contributed by atoms with Crippen LogP contribution in [0.3, 0.4) is 0 Å². The van der Waals surface area contributed by atoms with E-state index in [1.165, 1.54) is 19.3 Å². The van der Waals surface area contributed by atoms with Gasteiger partial charge in [0, 0.05) is 55.7 Å². The zero-order valence-corrected chi connectivity index (χ0v) is 16.9. The Kier molecular flexibility index (Phi) is 4.88. The van der Waals surface area contributed by atoms with Crippen molar-refractivity contribution in [1.29, 1.82) is 0 Å². The average molecular weight is 400 g/mol. The molecule has 152 valence electrons. The number of aromatic nitrogens is 5. The molecule has 8 heteroatoms. The number of hydrogen-bond acceptors (Lipinski definition) is 7. The van der Waals surface area contributed by atoms with Crippen LogP contribution in [0.25, 0.3) is 5.65 Å². The van der Waals surface area contributed by atoms with Crippen LogP contribution in [0.15, 0.2) is 55.1 Å². The van der Waals surface area contributed by atoms with Crippen molar-refractivity contribution in [2.24, 2.45) is 0 Å². The predicted molar refractivity (Wildman–Crippen MR) is 119 cm³/mol. The summed E-state index contributed by atoms with van der Waals surface area (Å²) in [5, 5.41) is 6.65. The highest BCUT2D eigenvalue weighted by molar-refractivity contribution is 5.65. The molecule has 2 N–H and O–H groups in total. The monoisotopic (exact) mass is 400 g/mol. The lowest BCUT2D eigenvalue weighted by Gasteiger charge is -2.28. The first-order valence-corrected chi connectivity index (χ1v) is 10.3. The zero-order valence-electron chi connectivity index (χ0n) is 16.9. The largest absolute Gasteiger partial charge is 0.356 e. The number of hydrogen-bond donors (Lipinski definition) is 2. The number of nitrogens with zero attached hydrogens (tertiary/aromatic N) is 6. The van der Waals surface area contributed by atoms with Gasteiger partial charge >= 0.3 is 0 Å². The molecule has 0 unspecified atom stereocenters. The molecule has 1 aliphatic rings. The minimum atomic E-state index is 0.527. The summed E-state index contributed by atoms with van der Waals surface area (Å²) >= 11 is 0. The lowest BCUT2D eigenvalue weighted by Crippen LogP contribution is -2.30. The van der Waals surface area contributed by atoms with Gasteiger partial charge in [0.25, 0.3) is 0 Å². The van der Waals surface area contributed by atoms with E-state index in [-0.39, 0.29) is 0 Å². The number of fused-ring (bicyclic) bond motifs is 1. The molecule has 0 aromatic carbocycles. The van der Waals surface area contributed by atoms with Gasteiger partial charge in [-0.15, -0.1) is 0 Å². The SMILES string of the molecule is Cc1ccc(Nc2nc(Nc3ccn4ccnc4c3)cc(N3CCCCC3)n2)nc1.